The van der Waals surface area contributed by atoms with Crippen molar-refractivity contribution in [2.45, 2.75) is 30.8 Å². The Morgan fingerprint density at radius 2 is 2.20 bits per heavy atom. The number of rotatable bonds is 6. The molecule has 0 amide bonds. The van der Waals surface area contributed by atoms with Gasteiger partial charge in [-0.05, 0) is 24.3 Å². The van der Waals surface area contributed by atoms with Gasteiger partial charge in [-0.25, -0.2) is 5.43 Å². The Morgan fingerprint density at radius 3 is 2.85 bits per heavy atom. The summed E-state index contributed by atoms with van der Waals surface area (Å²) in [5.41, 5.74) is 4.90. The van der Waals surface area contributed by atoms with Crippen molar-refractivity contribution in [3.63, 3.8) is 0 Å². The molecule has 0 radical (unpaired) electrons. The quantitative estimate of drug-likeness (QED) is 0.489. The summed E-state index contributed by atoms with van der Waals surface area (Å²) in [6, 6.07) is 8.01. The van der Waals surface area contributed by atoms with E-state index in [1.807, 2.05) is 16.8 Å². The lowest BCUT2D eigenvalue weighted by Gasteiger charge is -2.21. The molecule has 0 fully saturated rings. The predicted octanol–water partition coefficient (Wildman–Crippen LogP) is 3.22. The molecule has 0 spiro atoms. The number of hydrogen-bond donors (Lipinski definition) is 2. The highest BCUT2D eigenvalue weighted by atomic mass is 35.5. The van der Waals surface area contributed by atoms with Gasteiger partial charge >= 0.3 is 0 Å². The van der Waals surface area contributed by atoms with Crippen molar-refractivity contribution in [1.82, 2.24) is 15.2 Å². The largest absolute Gasteiger partial charge is 0.271 e. The molecular weight excluding hydrogens is 292 g/mol. The average Bonchev–Trinajstić information content (AvgIpc) is 2.83. The summed E-state index contributed by atoms with van der Waals surface area (Å²) < 4.78 is 1.92. The molecule has 4 nitrogen and oxygen atoms in total. The van der Waals surface area contributed by atoms with Crippen molar-refractivity contribution >= 4 is 23.4 Å². The Hall–Kier alpha value is -1.01. The van der Waals surface area contributed by atoms with E-state index in [9.17, 15) is 0 Å². The van der Waals surface area contributed by atoms with Gasteiger partial charge in [-0.15, -0.1) is 11.8 Å². The van der Waals surface area contributed by atoms with Crippen LogP contribution in [0.4, 0.5) is 0 Å². The van der Waals surface area contributed by atoms with Gasteiger partial charge < -0.3 is 0 Å². The Bertz CT molecular complexity index is 570. The lowest BCUT2D eigenvalue weighted by Crippen LogP contribution is -2.31. The number of hydrazine groups is 1. The number of nitrogens with two attached hydrogens (primary N) is 1. The van der Waals surface area contributed by atoms with Gasteiger partial charge in [0.1, 0.15) is 0 Å². The molecule has 2 aromatic rings. The first-order valence-electron chi connectivity index (χ1n) is 6.53. The molecule has 0 bridgehead atoms. The highest BCUT2D eigenvalue weighted by molar-refractivity contribution is 7.98. The molecule has 0 aliphatic carbocycles. The van der Waals surface area contributed by atoms with Gasteiger partial charge in [0.25, 0.3) is 0 Å². The minimum absolute atomic E-state index is 0.166. The van der Waals surface area contributed by atoms with Crippen LogP contribution in [0.3, 0.4) is 0 Å². The van der Waals surface area contributed by atoms with Gasteiger partial charge in [0.05, 0.1) is 23.0 Å². The van der Waals surface area contributed by atoms with Gasteiger partial charge in [0.2, 0.25) is 0 Å². The molecule has 1 atom stereocenters. The summed E-state index contributed by atoms with van der Waals surface area (Å²) in [5.74, 6) is 5.79. The Kier molecular flexibility index (Phi) is 5.48. The minimum atomic E-state index is -0.166. The van der Waals surface area contributed by atoms with E-state index >= 15 is 0 Å². The zero-order chi connectivity index (χ0) is 14.5. The van der Waals surface area contributed by atoms with Gasteiger partial charge in [-0.1, -0.05) is 36.7 Å². The maximum Gasteiger partial charge on any atom is 0.0904 e. The summed E-state index contributed by atoms with van der Waals surface area (Å²) in [5, 5.41) is 4.97. The maximum absolute atomic E-state index is 6.31. The Labute approximate surface area is 128 Å². The van der Waals surface area contributed by atoms with Crippen molar-refractivity contribution in [1.29, 1.82) is 0 Å². The van der Waals surface area contributed by atoms with Crippen LogP contribution < -0.4 is 11.3 Å². The second-order valence-corrected chi connectivity index (χ2v) is 5.70. The van der Waals surface area contributed by atoms with Gasteiger partial charge in [-0.3, -0.25) is 10.5 Å². The number of aromatic nitrogens is 2. The van der Waals surface area contributed by atoms with Crippen molar-refractivity contribution < 1.29 is 0 Å². The lowest BCUT2D eigenvalue weighted by atomic mass is 10.0. The van der Waals surface area contributed by atoms with E-state index in [0.717, 1.165) is 24.2 Å². The normalized spacial score (nSPS) is 12.6. The molecule has 0 aliphatic rings. The molecule has 0 aliphatic heterocycles. The second kappa shape index (κ2) is 7.13. The molecule has 1 aromatic heterocycles. The number of benzene rings is 1. The van der Waals surface area contributed by atoms with Gasteiger partial charge in [-0.2, -0.15) is 5.10 Å². The topological polar surface area (TPSA) is 55.9 Å². The molecule has 0 saturated carbocycles. The zero-order valence-electron chi connectivity index (χ0n) is 11.6. The molecule has 3 N–H and O–H groups in total. The third-order valence-corrected chi connectivity index (χ3v) is 4.26. The number of aryl methyl sites for hydroxylation is 1. The fourth-order valence-corrected chi connectivity index (χ4v) is 3.16. The Morgan fingerprint density at radius 1 is 1.45 bits per heavy atom. The monoisotopic (exact) mass is 310 g/mol. The number of thioether (sulfide) groups is 1. The van der Waals surface area contributed by atoms with Crippen LogP contribution in [0.1, 0.15) is 30.6 Å². The summed E-state index contributed by atoms with van der Waals surface area (Å²) in [6.07, 6.45) is 4.72. The van der Waals surface area contributed by atoms with Crippen LogP contribution in [0.2, 0.25) is 5.02 Å². The smallest absolute Gasteiger partial charge is 0.0904 e. The number of halogens is 1. The zero-order valence-corrected chi connectivity index (χ0v) is 13.2. The SMILES string of the molecule is CCCn1ncc(Cl)c1C(NN)c1ccccc1SC. The van der Waals surface area contributed by atoms with E-state index in [2.05, 4.69) is 35.8 Å². The Balaban J connectivity index is 2.49. The summed E-state index contributed by atoms with van der Waals surface area (Å²) in [6.45, 7) is 2.93. The van der Waals surface area contributed by atoms with Crippen molar-refractivity contribution in [3.05, 3.63) is 46.7 Å². The molecule has 1 heterocycles. The van der Waals surface area contributed by atoms with Crippen LogP contribution in [-0.4, -0.2) is 16.0 Å². The standard InChI is InChI=1S/C14H19ClN4S/c1-3-8-19-14(11(15)9-17-19)13(18-16)10-6-4-5-7-12(10)20-2/h4-7,9,13,18H,3,8,16H2,1-2H3. The molecule has 1 unspecified atom stereocenters. The summed E-state index contributed by atoms with van der Waals surface area (Å²) >= 11 is 8.01. The van der Waals surface area contributed by atoms with E-state index in [1.54, 1.807) is 18.0 Å². The highest BCUT2D eigenvalue weighted by Crippen LogP contribution is 2.33. The summed E-state index contributed by atoms with van der Waals surface area (Å²) in [7, 11) is 0. The van der Waals surface area contributed by atoms with Crippen LogP contribution in [0.5, 0.6) is 0 Å². The van der Waals surface area contributed by atoms with Crippen LogP contribution >= 0.6 is 23.4 Å². The summed E-state index contributed by atoms with van der Waals surface area (Å²) in [4.78, 5) is 1.18. The second-order valence-electron chi connectivity index (χ2n) is 4.44. The van der Waals surface area contributed by atoms with Crippen molar-refractivity contribution in [2.75, 3.05) is 6.26 Å². The van der Waals surface area contributed by atoms with Crippen molar-refractivity contribution in [2.24, 2.45) is 5.84 Å². The fourth-order valence-electron chi connectivity index (χ4n) is 2.27. The van der Waals surface area contributed by atoms with Crippen molar-refractivity contribution in [3.8, 4) is 0 Å². The van der Waals surface area contributed by atoms with Gasteiger partial charge in [0.15, 0.2) is 0 Å². The van der Waals surface area contributed by atoms with E-state index < -0.39 is 0 Å². The molecule has 2 rings (SSSR count). The van der Waals surface area contributed by atoms with E-state index in [4.69, 9.17) is 17.4 Å². The molecule has 1 aromatic carbocycles. The first-order chi connectivity index (χ1) is 9.72. The first-order valence-corrected chi connectivity index (χ1v) is 8.13. The number of nitrogens with one attached hydrogen (secondary N) is 1. The van der Waals surface area contributed by atoms with E-state index in [-0.39, 0.29) is 6.04 Å². The van der Waals surface area contributed by atoms with Crippen LogP contribution in [-0.2, 0) is 6.54 Å². The fraction of sp³-hybridized carbons (Fsp3) is 0.357. The minimum Gasteiger partial charge on any atom is -0.271 e. The van der Waals surface area contributed by atoms with Gasteiger partial charge in [0, 0.05) is 11.4 Å². The third-order valence-electron chi connectivity index (χ3n) is 3.16. The maximum atomic E-state index is 6.31. The molecular formula is C14H19ClN4S. The van der Waals surface area contributed by atoms with Crippen LogP contribution in [0, 0.1) is 0 Å². The first kappa shape index (κ1) is 15.4. The van der Waals surface area contributed by atoms with E-state index in [1.165, 1.54) is 4.90 Å². The highest BCUT2D eigenvalue weighted by Gasteiger charge is 2.22. The third kappa shape index (κ3) is 3.01. The molecule has 0 saturated heterocycles. The van der Waals surface area contributed by atoms with Crippen LogP contribution in [0.15, 0.2) is 35.4 Å². The molecule has 6 heteroatoms. The van der Waals surface area contributed by atoms with Crippen LogP contribution in [0.25, 0.3) is 0 Å². The number of nitrogens with zero attached hydrogens (tertiary/aromatic N) is 2. The predicted molar refractivity (Wildman–Crippen MR) is 84.9 cm³/mol. The molecule has 20 heavy (non-hydrogen) atoms. The van der Waals surface area contributed by atoms with E-state index in [0.29, 0.717) is 5.02 Å². The average molecular weight is 311 g/mol. The molecule has 108 valence electrons. The number of hydrogen-bond acceptors (Lipinski definition) is 4. The lowest BCUT2D eigenvalue weighted by molar-refractivity contribution is 0.518.